The first kappa shape index (κ1) is 11.0. The lowest BCUT2D eigenvalue weighted by Gasteiger charge is -2.35. The van der Waals surface area contributed by atoms with Gasteiger partial charge in [-0.3, -0.25) is 4.90 Å². The fraction of sp³-hybridized carbons (Fsp3) is 1.00. The lowest BCUT2D eigenvalue weighted by Crippen LogP contribution is -2.50. The normalized spacial score (nSPS) is 18.2. The van der Waals surface area contributed by atoms with Crippen LogP contribution in [0.25, 0.3) is 0 Å². The number of hydrogen-bond donors (Lipinski definition) is 1. The van der Waals surface area contributed by atoms with Crippen LogP contribution in [0.15, 0.2) is 0 Å². The second-order valence-electron chi connectivity index (χ2n) is 4.11. The van der Waals surface area contributed by atoms with Gasteiger partial charge in [-0.25, -0.2) is 0 Å². The largest absolute Gasteiger partial charge is 0.383 e. The van der Waals surface area contributed by atoms with Crippen molar-refractivity contribution in [2.75, 3.05) is 39.9 Å². The number of ether oxygens (including phenoxy) is 1. The Morgan fingerprint density at radius 2 is 2.15 bits per heavy atom. The van der Waals surface area contributed by atoms with Crippen LogP contribution < -0.4 is 5.32 Å². The molecule has 3 nitrogen and oxygen atoms in total. The van der Waals surface area contributed by atoms with Crippen molar-refractivity contribution in [3.05, 3.63) is 0 Å². The van der Waals surface area contributed by atoms with Crippen LogP contribution in [0.5, 0.6) is 0 Å². The fourth-order valence-electron chi connectivity index (χ4n) is 1.58. The molecule has 0 saturated carbocycles. The summed E-state index contributed by atoms with van der Waals surface area (Å²) >= 11 is 0. The van der Waals surface area contributed by atoms with Crippen LogP contribution in [0.1, 0.15) is 13.8 Å². The predicted molar refractivity (Wildman–Crippen MR) is 54.9 cm³/mol. The fourth-order valence-corrected chi connectivity index (χ4v) is 1.58. The van der Waals surface area contributed by atoms with Crippen LogP contribution in [0.4, 0.5) is 0 Å². The van der Waals surface area contributed by atoms with Gasteiger partial charge in [0.25, 0.3) is 0 Å². The molecule has 0 aromatic rings. The minimum Gasteiger partial charge on any atom is -0.383 e. The summed E-state index contributed by atoms with van der Waals surface area (Å²) in [5, 5.41) is 3.30. The SMILES string of the molecule is COCCN(CC1CNC1)C(C)C. The Kier molecular flexibility index (Phi) is 4.70. The average Bonchev–Trinajstić information content (AvgIpc) is 2.01. The topological polar surface area (TPSA) is 24.5 Å². The zero-order chi connectivity index (χ0) is 9.68. The van der Waals surface area contributed by atoms with Gasteiger partial charge in [-0.1, -0.05) is 0 Å². The van der Waals surface area contributed by atoms with E-state index in [4.69, 9.17) is 4.74 Å². The monoisotopic (exact) mass is 186 g/mol. The summed E-state index contributed by atoms with van der Waals surface area (Å²) < 4.78 is 5.10. The molecular formula is C10H22N2O. The molecule has 1 aliphatic rings. The second-order valence-corrected chi connectivity index (χ2v) is 4.11. The number of hydrogen-bond acceptors (Lipinski definition) is 3. The molecule has 0 amide bonds. The van der Waals surface area contributed by atoms with Gasteiger partial charge in [-0.15, -0.1) is 0 Å². The van der Waals surface area contributed by atoms with Crippen molar-refractivity contribution in [2.24, 2.45) is 5.92 Å². The van der Waals surface area contributed by atoms with Crippen molar-refractivity contribution in [3.63, 3.8) is 0 Å². The number of nitrogens with one attached hydrogen (secondary N) is 1. The lowest BCUT2D eigenvalue weighted by molar-refractivity contribution is 0.106. The molecule has 1 heterocycles. The molecule has 0 unspecified atom stereocenters. The van der Waals surface area contributed by atoms with E-state index in [1.165, 1.54) is 19.6 Å². The molecule has 1 aliphatic heterocycles. The van der Waals surface area contributed by atoms with Gasteiger partial charge >= 0.3 is 0 Å². The molecular weight excluding hydrogens is 164 g/mol. The van der Waals surface area contributed by atoms with E-state index in [0.717, 1.165) is 19.1 Å². The molecule has 1 saturated heterocycles. The van der Waals surface area contributed by atoms with Crippen LogP contribution in [0.3, 0.4) is 0 Å². The van der Waals surface area contributed by atoms with E-state index in [-0.39, 0.29) is 0 Å². The maximum Gasteiger partial charge on any atom is 0.0589 e. The van der Waals surface area contributed by atoms with Gasteiger partial charge in [0.2, 0.25) is 0 Å². The van der Waals surface area contributed by atoms with Crippen LogP contribution in [-0.4, -0.2) is 50.8 Å². The van der Waals surface area contributed by atoms with Crippen molar-refractivity contribution >= 4 is 0 Å². The van der Waals surface area contributed by atoms with Crippen molar-refractivity contribution in [1.82, 2.24) is 10.2 Å². The molecule has 0 aromatic heterocycles. The second kappa shape index (κ2) is 5.58. The summed E-state index contributed by atoms with van der Waals surface area (Å²) in [4.78, 5) is 2.50. The summed E-state index contributed by atoms with van der Waals surface area (Å²) in [7, 11) is 1.77. The Morgan fingerprint density at radius 1 is 1.46 bits per heavy atom. The summed E-state index contributed by atoms with van der Waals surface area (Å²) in [6, 6.07) is 0.635. The summed E-state index contributed by atoms with van der Waals surface area (Å²) in [6.07, 6.45) is 0. The molecule has 1 fully saturated rings. The maximum atomic E-state index is 5.10. The van der Waals surface area contributed by atoms with Crippen molar-refractivity contribution < 1.29 is 4.74 Å². The molecule has 0 spiro atoms. The van der Waals surface area contributed by atoms with Crippen molar-refractivity contribution in [2.45, 2.75) is 19.9 Å². The van der Waals surface area contributed by atoms with Gasteiger partial charge in [0, 0.05) is 39.3 Å². The molecule has 1 N–H and O–H groups in total. The zero-order valence-electron chi connectivity index (χ0n) is 9.05. The van der Waals surface area contributed by atoms with E-state index in [9.17, 15) is 0 Å². The van der Waals surface area contributed by atoms with E-state index in [2.05, 4.69) is 24.1 Å². The maximum absolute atomic E-state index is 5.10. The first-order valence-electron chi connectivity index (χ1n) is 5.17. The third-order valence-corrected chi connectivity index (χ3v) is 2.67. The van der Waals surface area contributed by atoms with E-state index in [1.807, 2.05) is 0 Å². The number of methoxy groups -OCH3 is 1. The van der Waals surface area contributed by atoms with Crippen molar-refractivity contribution in [3.8, 4) is 0 Å². The highest BCUT2D eigenvalue weighted by molar-refractivity contribution is 4.79. The molecule has 0 aromatic carbocycles. The third-order valence-electron chi connectivity index (χ3n) is 2.67. The van der Waals surface area contributed by atoms with Gasteiger partial charge in [0.15, 0.2) is 0 Å². The minimum atomic E-state index is 0.635. The highest BCUT2D eigenvalue weighted by Gasteiger charge is 2.21. The van der Waals surface area contributed by atoms with Gasteiger partial charge in [0.1, 0.15) is 0 Å². The zero-order valence-corrected chi connectivity index (χ0v) is 9.05. The third kappa shape index (κ3) is 3.63. The Labute approximate surface area is 81.4 Å². The molecule has 1 rings (SSSR count). The van der Waals surface area contributed by atoms with Gasteiger partial charge < -0.3 is 10.1 Å². The first-order valence-corrected chi connectivity index (χ1v) is 5.17. The first-order chi connectivity index (χ1) is 6.24. The molecule has 0 bridgehead atoms. The Hall–Kier alpha value is -0.120. The van der Waals surface area contributed by atoms with E-state index >= 15 is 0 Å². The lowest BCUT2D eigenvalue weighted by atomic mass is 10.0. The van der Waals surface area contributed by atoms with Gasteiger partial charge in [-0.2, -0.15) is 0 Å². The smallest absolute Gasteiger partial charge is 0.0589 e. The quantitative estimate of drug-likeness (QED) is 0.656. The number of nitrogens with zero attached hydrogens (tertiary/aromatic N) is 1. The highest BCUT2D eigenvalue weighted by Crippen LogP contribution is 2.08. The van der Waals surface area contributed by atoms with Crippen LogP contribution >= 0.6 is 0 Å². The Balaban J connectivity index is 2.19. The van der Waals surface area contributed by atoms with Gasteiger partial charge in [-0.05, 0) is 19.8 Å². The molecule has 0 aliphatic carbocycles. The summed E-state index contributed by atoms with van der Waals surface area (Å²) in [5.74, 6) is 0.860. The van der Waals surface area contributed by atoms with Crippen molar-refractivity contribution in [1.29, 1.82) is 0 Å². The summed E-state index contributed by atoms with van der Waals surface area (Å²) in [5.41, 5.74) is 0. The molecule has 0 atom stereocenters. The van der Waals surface area contributed by atoms with E-state index in [1.54, 1.807) is 7.11 Å². The van der Waals surface area contributed by atoms with E-state index < -0.39 is 0 Å². The van der Waals surface area contributed by atoms with Crippen LogP contribution in [0.2, 0.25) is 0 Å². The average molecular weight is 186 g/mol. The summed E-state index contributed by atoms with van der Waals surface area (Å²) in [6.45, 7) is 10.0. The molecule has 78 valence electrons. The Morgan fingerprint density at radius 3 is 2.54 bits per heavy atom. The highest BCUT2D eigenvalue weighted by atomic mass is 16.5. The standard InChI is InChI=1S/C10H22N2O/c1-9(2)12(4-5-13-3)8-10-6-11-7-10/h9-11H,4-8H2,1-3H3. The van der Waals surface area contributed by atoms with Crippen LogP contribution in [-0.2, 0) is 4.74 Å². The number of rotatable bonds is 6. The molecule has 3 heteroatoms. The minimum absolute atomic E-state index is 0.635. The van der Waals surface area contributed by atoms with Gasteiger partial charge in [0.05, 0.1) is 6.61 Å². The molecule has 13 heavy (non-hydrogen) atoms. The van der Waals surface area contributed by atoms with E-state index in [0.29, 0.717) is 6.04 Å². The Bertz CT molecular complexity index is 135. The van der Waals surface area contributed by atoms with Crippen LogP contribution in [0, 0.1) is 5.92 Å². The predicted octanol–water partition coefficient (Wildman–Crippen LogP) is 0.563. The molecule has 0 radical (unpaired) electrons.